The molecule has 2 aromatic carbocycles. The van der Waals surface area contributed by atoms with Crippen molar-refractivity contribution in [2.75, 3.05) is 18.4 Å². The number of carbonyl (C=O) groups is 1. The zero-order valence-corrected chi connectivity index (χ0v) is 16.1. The summed E-state index contributed by atoms with van der Waals surface area (Å²) in [7, 11) is -3.81. The smallest absolute Gasteiger partial charge is 0.257 e. The Hall–Kier alpha value is -1.60. The van der Waals surface area contributed by atoms with Crippen LogP contribution >= 0.6 is 23.2 Å². The molecule has 0 spiro atoms. The van der Waals surface area contributed by atoms with Gasteiger partial charge in [-0.3, -0.25) is 4.79 Å². The van der Waals surface area contributed by atoms with Crippen molar-refractivity contribution in [1.29, 1.82) is 0 Å². The molecule has 0 fully saturated rings. The molecule has 0 saturated heterocycles. The van der Waals surface area contributed by atoms with E-state index in [1.807, 2.05) is 6.07 Å². The van der Waals surface area contributed by atoms with Crippen LogP contribution in [0, 0.1) is 0 Å². The van der Waals surface area contributed by atoms with Crippen LogP contribution in [0.3, 0.4) is 0 Å². The molecule has 1 N–H and O–H groups in total. The molecule has 2 rings (SSSR count). The minimum Gasteiger partial charge on any atom is -0.322 e. The second-order valence-corrected chi connectivity index (χ2v) is 7.89. The van der Waals surface area contributed by atoms with Crippen LogP contribution in [0.1, 0.15) is 24.2 Å². The number of benzene rings is 2. The second kappa shape index (κ2) is 8.19. The van der Waals surface area contributed by atoms with Gasteiger partial charge in [-0.15, -0.1) is 0 Å². The molecule has 0 heterocycles. The summed E-state index contributed by atoms with van der Waals surface area (Å²) < 4.78 is 26.7. The Morgan fingerprint density at radius 2 is 1.64 bits per heavy atom. The average molecular weight is 401 g/mol. The van der Waals surface area contributed by atoms with Crippen molar-refractivity contribution in [2.24, 2.45) is 0 Å². The van der Waals surface area contributed by atoms with E-state index in [4.69, 9.17) is 23.2 Å². The van der Waals surface area contributed by atoms with Crippen molar-refractivity contribution >= 4 is 44.8 Å². The molecule has 25 heavy (non-hydrogen) atoms. The van der Waals surface area contributed by atoms with E-state index in [-0.39, 0.29) is 20.5 Å². The first-order valence-corrected chi connectivity index (χ1v) is 9.86. The predicted octanol–water partition coefficient (Wildman–Crippen LogP) is 4.28. The van der Waals surface area contributed by atoms with Gasteiger partial charge in [-0.05, 0) is 24.3 Å². The molecule has 0 radical (unpaired) electrons. The summed E-state index contributed by atoms with van der Waals surface area (Å²) in [6.07, 6.45) is 0. The normalized spacial score (nSPS) is 11.6. The monoisotopic (exact) mass is 400 g/mol. The lowest BCUT2D eigenvalue weighted by molar-refractivity contribution is 0.102. The van der Waals surface area contributed by atoms with E-state index in [0.717, 1.165) is 0 Å². The Balaban J connectivity index is 2.46. The molecular formula is C17H18Cl2N2O3S. The summed E-state index contributed by atoms with van der Waals surface area (Å²) in [4.78, 5) is 12.3. The third kappa shape index (κ3) is 4.33. The third-order valence-electron chi connectivity index (χ3n) is 3.62. The number of hydrogen-bond acceptors (Lipinski definition) is 3. The SMILES string of the molecule is CCN(CC)S(=O)(=O)c1cc(C(=O)Nc2ccccc2)c(Cl)cc1Cl. The fraction of sp³-hybridized carbons (Fsp3) is 0.235. The minimum absolute atomic E-state index is 0.0202. The summed E-state index contributed by atoms with van der Waals surface area (Å²) in [5.41, 5.74) is 0.618. The summed E-state index contributed by atoms with van der Waals surface area (Å²) >= 11 is 12.2. The molecule has 5 nitrogen and oxygen atoms in total. The van der Waals surface area contributed by atoms with Crippen LogP contribution in [0.25, 0.3) is 0 Å². The molecule has 0 aliphatic heterocycles. The van der Waals surface area contributed by atoms with E-state index in [1.54, 1.807) is 38.1 Å². The van der Waals surface area contributed by atoms with Gasteiger partial charge in [0.2, 0.25) is 10.0 Å². The van der Waals surface area contributed by atoms with Crippen molar-refractivity contribution in [1.82, 2.24) is 4.31 Å². The Morgan fingerprint density at radius 1 is 1.04 bits per heavy atom. The number of halogens is 2. The van der Waals surface area contributed by atoms with Crippen LogP contribution in [0.15, 0.2) is 47.4 Å². The molecule has 134 valence electrons. The fourth-order valence-corrected chi connectivity index (χ4v) is 4.61. The predicted molar refractivity (Wildman–Crippen MR) is 101 cm³/mol. The number of nitrogens with zero attached hydrogens (tertiary/aromatic N) is 1. The van der Waals surface area contributed by atoms with E-state index < -0.39 is 15.9 Å². The van der Waals surface area contributed by atoms with Gasteiger partial charge in [-0.2, -0.15) is 4.31 Å². The number of hydrogen-bond donors (Lipinski definition) is 1. The summed E-state index contributed by atoms with van der Waals surface area (Å²) in [6.45, 7) is 4.05. The van der Waals surface area contributed by atoms with Gasteiger partial charge in [0.1, 0.15) is 4.90 Å². The maximum absolute atomic E-state index is 12.7. The van der Waals surface area contributed by atoms with Crippen molar-refractivity contribution in [3.8, 4) is 0 Å². The largest absolute Gasteiger partial charge is 0.322 e. The van der Waals surface area contributed by atoms with Crippen molar-refractivity contribution < 1.29 is 13.2 Å². The van der Waals surface area contributed by atoms with Crippen molar-refractivity contribution in [2.45, 2.75) is 18.7 Å². The van der Waals surface area contributed by atoms with Crippen LogP contribution in [-0.4, -0.2) is 31.7 Å². The summed E-state index contributed by atoms with van der Waals surface area (Å²) in [5, 5.41) is 2.74. The van der Waals surface area contributed by atoms with Gasteiger partial charge in [0.25, 0.3) is 5.91 Å². The van der Waals surface area contributed by atoms with E-state index in [1.165, 1.54) is 16.4 Å². The third-order valence-corrected chi connectivity index (χ3v) is 6.45. The van der Waals surface area contributed by atoms with Gasteiger partial charge in [0.05, 0.1) is 15.6 Å². The highest BCUT2D eigenvalue weighted by Crippen LogP contribution is 2.31. The Kier molecular flexibility index (Phi) is 6.46. The lowest BCUT2D eigenvalue weighted by Gasteiger charge is -2.20. The van der Waals surface area contributed by atoms with Gasteiger partial charge in [0.15, 0.2) is 0 Å². The molecule has 0 unspecified atom stereocenters. The minimum atomic E-state index is -3.81. The number of anilines is 1. The van der Waals surface area contributed by atoms with Crippen molar-refractivity contribution in [3.05, 3.63) is 58.1 Å². The molecule has 0 saturated carbocycles. The first-order chi connectivity index (χ1) is 11.8. The summed E-state index contributed by atoms with van der Waals surface area (Å²) in [6, 6.07) is 11.3. The highest BCUT2D eigenvalue weighted by Gasteiger charge is 2.27. The molecule has 1 amide bonds. The zero-order valence-electron chi connectivity index (χ0n) is 13.8. The maximum atomic E-state index is 12.7. The number of rotatable bonds is 6. The zero-order chi connectivity index (χ0) is 18.6. The molecule has 8 heteroatoms. The van der Waals surface area contributed by atoms with Gasteiger partial charge >= 0.3 is 0 Å². The van der Waals surface area contributed by atoms with Crippen molar-refractivity contribution in [3.63, 3.8) is 0 Å². The van der Waals surface area contributed by atoms with Gasteiger partial charge < -0.3 is 5.32 Å². The van der Waals surface area contributed by atoms with Gasteiger partial charge in [0, 0.05) is 18.8 Å². The topological polar surface area (TPSA) is 66.5 Å². The lowest BCUT2D eigenvalue weighted by atomic mass is 10.2. The first-order valence-electron chi connectivity index (χ1n) is 7.66. The Labute approximate surface area is 157 Å². The first kappa shape index (κ1) is 19.7. The van der Waals surface area contributed by atoms with E-state index in [0.29, 0.717) is 18.8 Å². The van der Waals surface area contributed by atoms with Crippen LogP contribution < -0.4 is 5.32 Å². The summed E-state index contributed by atoms with van der Waals surface area (Å²) in [5.74, 6) is -0.510. The van der Waals surface area contributed by atoms with Crippen LogP contribution in [0.2, 0.25) is 10.0 Å². The average Bonchev–Trinajstić information content (AvgIpc) is 2.56. The van der Waals surface area contributed by atoms with E-state index in [2.05, 4.69) is 5.32 Å². The van der Waals surface area contributed by atoms with E-state index >= 15 is 0 Å². The van der Waals surface area contributed by atoms with Gasteiger partial charge in [-0.25, -0.2) is 8.42 Å². The molecule has 0 atom stereocenters. The lowest BCUT2D eigenvalue weighted by Crippen LogP contribution is -2.31. The molecule has 0 bridgehead atoms. The standard InChI is InChI=1S/C17H18Cl2N2O3S/c1-3-21(4-2)25(23,24)16-10-13(14(18)11-15(16)19)17(22)20-12-8-6-5-7-9-12/h5-11H,3-4H2,1-2H3,(H,20,22). The molecule has 0 aliphatic carbocycles. The fourth-order valence-electron chi connectivity index (χ4n) is 2.32. The van der Waals surface area contributed by atoms with Crippen LogP contribution in [0.5, 0.6) is 0 Å². The highest BCUT2D eigenvalue weighted by atomic mass is 35.5. The Morgan fingerprint density at radius 3 is 2.20 bits per heavy atom. The quantitative estimate of drug-likeness (QED) is 0.786. The number of carbonyl (C=O) groups excluding carboxylic acids is 1. The van der Waals surface area contributed by atoms with Gasteiger partial charge in [-0.1, -0.05) is 55.2 Å². The molecule has 0 aromatic heterocycles. The molecule has 2 aromatic rings. The number of nitrogens with one attached hydrogen (secondary N) is 1. The van der Waals surface area contributed by atoms with E-state index in [9.17, 15) is 13.2 Å². The second-order valence-electron chi connectivity index (χ2n) is 5.17. The molecule has 0 aliphatic rings. The number of amides is 1. The van der Waals surface area contributed by atoms with Crippen LogP contribution in [0.4, 0.5) is 5.69 Å². The van der Waals surface area contributed by atoms with Crippen LogP contribution in [-0.2, 0) is 10.0 Å². The number of sulfonamides is 1. The maximum Gasteiger partial charge on any atom is 0.257 e. The number of para-hydroxylation sites is 1. The highest BCUT2D eigenvalue weighted by molar-refractivity contribution is 7.89. The Bertz CT molecular complexity index is 867. The molecular weight excluding hydrogens is 383 g/mol.